The van der Waals surface area contributed by atoms with Gasteiger partial charge in [-0.05, 0) is 68.1 Å². The van der Waals surface area contributed by atoms with Crippen molar-refractivity contribution in [2.24, 2.45) is 0 Å². The summed E-state index contributed by atoms with van der Waals surface area (Å²) in [6, 6.07) is 12.8. The van der Waals surface area contributed by atoms with Gasteiger partial charge >= 0.3 is 0 Å². The van der Waals surface area contributed by atoms with Crippen LogP contribution in [0.5, 0.6) is 0 Å². The Morgan fingerprint density at radius 1 is 1.16 bits per heavy atom. The van der Waals surface area contributed by atoms with E-state index in [2.05, 4.69) is 23.7 Å². The summed E-state index contributed by atoms with van der Waals surface area (Å²) in [5, 5.41) is 4.14. The van der Waals surface area contributed by atoms with Gasteiger partial charge in [0.2, 0.25) is 0 Å². The molecule has 3 nitrogen and oxygen atoms in total. The van der Waals surface area contributed by atoms with E-state index in [1.807, 2.05) is 30.3 Å². The van der Waals surface area contributed by atoms with E-state index in [1.165, 1.54) is 23.4 Å². The SMILES string of the molecule is Cc1c(C)n(Cc2ccc(F)cc2)c2ccc(C(=O)NC3CC3)cc12. The van der Waals surface area contributed by atoms with Gasteiger partial charge in [-0.1, -0.05) is 12.1 Å². The van der Waals surface area contributed by atoms with E-state index < -0.39 is 0 Å². The molecular formula is C21H21FN2O. The molecule has 0 atom stereocenters. The molecule has 3 aromatic rings. The molecule has 2 aromatic carbocycles. The molecule has 1 aliphatic carbocycles. The standard InChI is InChI=1S/C21H21FN2O/c1-13-14(2)24(12-15-3-6-17(22)7-4-15)20-10-5-16(11-19(13)20)21(25)23-18-8-9-18/h3-7,10-11,18H,8-9,12H2,1-2H3,(H,23,25). The molecule has 0 bridgehead atoms. The third-order valence-corrected chi connectivity index (χ3v) is 5.07. The van der Waals surface area contributed by atoms with Crippen molar-refractivity contribution in [3.8, 4) is 0 Å². The second kappa shape index (κ2) is 6.03. The Morgan fingerprint density at radius 2 is 1.88 bits per heavy atom. The average molecular weight is 336 g/mol. The van der Waals surface area contributed by atoms with Gasteiger partial charge in [-0.2, -0.15) is 0 Å². The average Bonchev–Trinajstić information content (AvgIpc) is 3.40. The lowest BCUT2D eigenvalue weighted by Crippen LogP contribution is -2.25. The van der Waals surface area contributed by atoms with Crippen LogP contribution in [0.1, 0.15) is 40.0 Å². The van der Waals surface area contributed by atoms with E-state index >= 15 is 0 Å². The first-order valence-electron chi connectivity index (χ1n) is 8.67. The van der Waals surface area contributed by atoms with Gasteiger partial charge in [0.15, 0.2) is 0 Å². The van der Waals surface area contributed by atoms with Gasteiger partial charge in [-0.3, -0.25) is 4.79 Å². The Balaban J connectivity index is 1.71. The second-order valence-electron chi connectivity index (χ2n) is 6.90. The van der Waals surface area contributed by atoms with Gasteiger partial charge in [0.05, 0.1) is 0 Å². The van der Waals surface area contributed by atoms with Crippen LogP contribution in [0.2, 0.25) is 0 Å². The minimum atomic E-state index is -0.222. The zero-order chi connectivity index (χ0) is 17.6. The Morgan fingerprint density at radius 3 is 2.56 bits per heavy atom. The molecule has 0 saturated heterocycles. The van der Waals surface area contributed by atoms with Crippen molar-refractivity contribution in [2.75, 3.05) is 0 Å². The van der Waals surface area contributed by atoms with E-state index in [0.29, 0.717) is 18.2 Å². The normalized spacial score (nSPS) is 14.0. The molecule has 1 N–H and O–H groups in total. The van der Waals surface area contributed by atoms with Gasteiger partial charge in [0.25, 0.3) is 5.91 Å². The van der Waals surface area contributed by atoms with Crippen molar-refractivity contribution in [2.45, 2.75) is 39.3 Å². The van der Waals surface area contributed by atoms with Crippen molar-refractivity contribution >= 4 is 16.8 Å². The number of nitrogens with zero attached hydrogens (tertiary/aromatic N) is 1. The molecule has 4 rings (SSSR count). The number of benzene rings is 2. The quantitative estimate of drug-likeness (QED) is 0.756. The predicted octanol–water partition coefficient (Wildman–Crippen LogP) is 4.34. The molecule has 0 aliphatic heterocycles. The Bertz CT molecular complexity index is 952. The molecular weight excluding hydrogens is 315 g/mol. The molecule has 1 fully saturated rings. The number of nitrogens with one attached hydrogen (secondary N) is 1. The third-order valence-electron chi connectivity index (χ3n) is 5.07. The maximum absolute atomic E-state index is 13.1. The van der Waals surface area contributed by atoms with Crippen molar-refractivity contribution in [3.63, 3.8) is 0 Å². The number of carbonyl (C=O) groups excluding carboxylic acids is 1. The Hall–Kier alpha value is -2.62. The van der Waals surface area contributed by atoms with Gasteiger partial charge in [0.1, 0.15) is 5.82 Å². The summed E-state index contributed by atoms with van der Waals surface area (Å²) in [4.78, 5) is 12.3. The highest BCUT2D eigenvalue weighted by Crippen LogP contribution is 2.28. The summed E-state index contributed by atoms with van der Waals surface area (Å²) in [7, 11) is 0. The number of amides is 1. The van der Waals surface area contributed by atoms with E-state index in [4.69, 9.17) is 0 Å². The van der Waals surface area contributed by atoms with Gasteiger partial charge in [-0.25, -0.2) is 4.39 Å². The number of carbonyl (C=O) groups is 1. The first kappa shape index (κ1) is 15.9. The fourth-order valence-corrected chi connectivity index (χ4v) is 3.26. The molecule has 1 aliphatic rings. The van der Waals surface area contributed by atoms with Crippen LogP contribution in [0.4, 0.5) is 4.39 Å². The summed E-state index contributed by atoms with van der Waals surface area (Å²) in [6.07, 6.45) is 2.17. The molecule has 1 amide bonds. The first-order chi connectivity index (χ1) is 12.0. The lowest BCUT2D eigenvalue weighted by molar-refractivity contribution is 0.0951. The molecule has 1 heterocycles. The predicted molar refractivity (Wildman–Crippen MR) is 97.4 cm³/mol. The third kappa shape index (κ3) is 3.04. The Labute approximate surface area is 146 Å². The van der Waals surface area contributed by atoms with Crippen molar-refractivity contribution < 1.29 is 9.18 Å². The van der Waals surface area contributed by atoms with Crippen LogP contribution >= 0.6 is 0 Å². The fourth-order valence-electron chi connectivity index (χ4n) is 3.26. The fraction of sp³-hybridized carbons (Fsp3) is 0.286. The van der Waals surface area contributed by atoms with Crippen LogP contribution in [-0.2, 0) is 6.54 Å². The molecule has 0 unspecified atom stereocenters. The number of fused-ring (bicyclic) bond motifs is 1. The minimum absolute atomic E-state index is 0.00716. The maximum Gasteiger partial charge on any atom is 0.251 e. The lowest BCUT2D eigenvalue weighted by atomic mass is 10.1. The number of aromatic nitrogens is 1. The van der Waals surface area contributed by atoms with E-state index in [-0.39, 0.29) is 11.7 Å². The summed E-state index contributed by atoms with van der Waals surface area (Å²) in [6.45, 7) is 4.86. The van der Waals surface area contributed by atoms with Crippen LogP contribution in [0, 0.1) is 19.7 Å². The van der Waals surface area contributed by atoms with E-state index in [9.17, 15) is 9.18 Å². The van der Waals surface area contributed by atoms with Crippen molar-refractivity contribution in [1.82, 2.24) is 9.88 Å². The highest BCUT2D eigenvalue weighted by atomic mass is 19.1. The largest absolute Gasteiger partial charge is 0.349 e. The van der Waals surface area contributed by atoms with Crippen LogP contribution in [0.15, 0.2) is 42.5 Å². The number of halogens is 1. The lowest BCUT2D eigenvalue weighted by Gasteiger charge is -2.09. The summed E-state index contributed by atoms with van der Waals surface area (Å²) >= 11 is 0. The Kier molecular flexibility index (Phi) is 3.83. The monoisotopic (exact) mass is 336 g/mol. The van der Waals surface area contributed by atoms with Gasteiger partial charge in [-0.15, -0.1) is 0 Å². The summed E-state index contributed by atoms with van der Waals surface area (Å²) in [5.41, 5.74) is 5.21. The number of aryl methyl sites for hydroxylation is 1. The molecule has 128 valence electrons. The first-order valence-corrected chi connectivity index (χ1v) is 8.67. The number of hydrogen-bond acceptors (Lipinski definition) is 1. The minimum Gasteiger partial charge on any atom is -0.349 e. The molecule has 0 radical (unpaired) electrons. The topological polar surface area (TPSA) is 34.0 Å². The van der Waals surface area contributed by atoms with E-state index in [1.54, 1.807) is 0 Å². The zero-order valence-electron chi connectivity index (χ0n) is 14.5. The molecule has 25 heavy (non-hydrogen) atoms. The summed E-state index contributed by atoms with van der Waals surface area (Å²) < 4.78 is 15.4. The maximum atomic E-state index is 13.1. The van der Waals surface area contributed by atoms with Crippen LogP contribution in [0.25, 0.3) is 10.9 Å². The van der Waals surface area contributed by atoms with E-state index in [0.717, 1.165) is 29.3 Å². The smallest absolute Gasteiger partial charge is 0.251 e. The van der Waals surface area contributed by atoms with Crippen molar-refractivity contribution in [3.05, 3.63) is 70.7 Å². The summed E-state index contributed by atoms with van der Waals surface area (Å²) in [5.74, 6) is -0.215. The van der Waals surface area contributed by atoms with Crippen LogP contribution in [0.3, 0.4) is 0 Å². The number of hydrogen-bond donors (Lipinski definition) is 1. The molecule has 4 heteroatoms. The van der Waals surface area contributed by atoms with Gasteiger partial charge < -0.3 is 9.88 Å². The van der Waals surface area contributed by atoms with Gasteiger partial charge in [0, 0.05) is 34.7 Å². The number of rotatable bonds is 4. The molecule has 1 aromatic heterocycles. The van der Waals surface area contributed by atoms with Crippen LogP contribution < -0.4 is 5.32 Å². The molecule has 0 spiro atoms. The highest BCUT2D eigenvalue weighted by Gasteiger charge is 2.24. The second-order valence-corrected chi connectivity index (χ2v) is 6.90. The van der Waals surface area contributed by atoms with Crippen LogP contribution in [-0.4, -0.2) is 16.5 Å². The zero-order valence-corrected chi connectivity index (χ0v) is 14.5. The van der Waals surface area contributed by atoms with Crippen molar-refractivity contribution in [1.29, 1.82) is 0 Å². The highest BCUT2D eigenvalue weighted by molar-refractivity contribution is 5.99. The molecule has 1 saturated carbocycles.